The summed E-state index contributed by atoms with van der Waals surface area (Å²) in [6, 6.07) is 15.1. The molecule has 7 heteroatoms. The number of amides is 2. The highest BCUT2D eigenvalue weighted by atomic mass is 19.1. The van der Waals surface area contributed by atoms with Crippen LogP contribution in [0.15, 0.2) is 54.6 Å². The molecule has 0 unspecified atom stereocenters. The van der Waals surface area contributed by atoms with Crippen molar-refractivity contribution in [3.05, 3.63) is 66.0 Å². The van der Waals surface area contributed by atoms with Gasteiger partial charge in [0.1, 0.15) is 5.82 Å². The summed E-state index contributed by atoms with van der Waals surface area (Å²) < 4.78 is 19.0. The molecule has 146 valence electrons. The number of ether oxygens (including phenoxy) is 1. The quantitative estimate of drug-likeness (QED) is 0.777. The van der Waals surface area contributed by atoms with Gasteiger partial charge in [0.25, 0.3) is 5.91 Å². The van der Waals surface area contributed by atoms with Gasteiger partial charge < -0.3 is 15.0 Å². The van der Waals surface area contributed by atoms with E-state index < -0.39 is 30.2 Å². The average molecular weight is 384 g/mol. The van der Waals surface area contributed by atoms with Crippen LogP contribution in [0.25, 0.3) is 0 Å². The van der Waals surface area contributed by atoms with Gasteiger partial charge in [-0.2, -0.15) is 0 Å². The molecule has 1 saturated heterocycles. The van der Waals surface area contributed by atoms with E-state index in [9.17, 15) is 18.8 Å². The Bertz CT molecular complexity index is 872. The van der Waals surface area contributed by atoms with E-state index in [-0.39, 0.29) is 30.6 Å². The standard InChI is InChI=1S/C21H21FN2O4/c1-14(15-7-3-2-4-8-15)23-19(25)13-28-21(27)16-11-20(26)24(12-16)18-10-6-5-9-17(18)22/h2-10,14,16H,11-13H2,1H3,(H,23,25)/t14-,16-/m0/s1. The maximum absolute atomic E-state index is 13.9. The van der Waals surface area contributed by atoms with Crippen molar-refractivity contribution in [3.8, 4) is 0 Å². The Morgan fingerprint density at radius 1 is 1.18 bits per heavy atom. The van der Waals surface area contributed by atoms with E-state index >= 15 is 0 Å². The summed E-state index contributed by atoms with van der Waals surface area (Å²) in [5.41, 5.74) is 1.07. The van der Waals surface area contributed by atoms with Crippen LogP contribution in [0.3, 0.4) is 0 Å². The third kappa shape index (κ3) is 4.54. The highest BCUT2D eigenvalue weighted by Gasteiger charge is 2.37. The molecular formula is C21H21FN2O4. The molecule has 0 aromatic heterocycles. The van der Waals surface area contributed by atoms with Crippen LogP contribution in [0.5, 0.6) is 0 Å². The maximum Gasteiger partial charge on any atom is 0.311 e. The van der Waals surface area contributed by atoms with Crippen LogP contribution in [-0.2, 0) is 19.1 Å². The lowest BCUT2D eigenvalue weighted by molar-refractivity contribution is -0.152. The predicted octanol–water partition coefficient (Wildman–Crippen LogP) is 2.60. The fourth-order valence-corrected chi connectivity index (χ4v) is 3.13. The van der Waals surface area contributed by atoms with Crippen molar-refractivity contribution in [2.45, 2.75) is 19.4 Å². The summed E-state index contributed by atoms with van der Waals surface area (Å²) in [6.07, 6.45) is -0.0742. The number of benzene rings is 2. The first-order chi connectivity index (χ1) is 13.5. The van der Waals surface area contributed by atoms with E-state index in [1.54, 1.807) is 6.07 Å². The zero-order valence-corrected chi connectivity index (χ0v) is 15.4. The second-order valence-electron chi connectivity index (χ2n) is 6.66. The second-order valence-corrected chi connectivity index (χ2v) is 6.66. The molecule has 3 rings (SSSR count). The maximum atomic E-state index is 13.9. The Morgan fingerprint density at radius 3 is 2.57 bits per heavy atom. The Balaban J connectivity index is 1.51. The normalized spacial score (nSPS) is 17.3. The van der Waals surface area contributed by atoms with Gasteiger partial charge in [-0.1, -0.05) is 42.5 Å². The molecule has 6 nitrogen and oxygen atoms in total. The highest BCUT2D eigenvalue weighted by Crippen LogP contribution is 2.27. The number of halogens is 1. The summed E-state index contributed by atoms with van der Waals surface area (Å²) in [5, 5.41) is 2.75. The zero-order chi connectivity index (χ0) is 20.1. The number of anilines is 1. The van der Waals surface area contributed by atoms with Crippen molar-refractivity contribution in [3.63, 3.8) is 0 Å². The van der Waals surface area contributed by atoms with Crippen molar-refractivity contribution in [2.24, 2.45) is 5.92 Å². The molecule has 2 atom stereocenters. The summed E-state index contributed by atoms with van der Waals surface area (Å²) in [5.74, 6) is -2.69. The lowest BCUT2D eigenvalue weighted by atomic mass is 10.1. The number of para-hydroxylation sites is 1. The summed E-state index contributed by atoms with van der Waals surface area (Å²) in [6.45, 7) is 1.43. The fraction of sp³-hybridized carbons (Fsp3) is 0.286. The van der Waals surface area contributed by atoms with Gasteiger partial charge in [-0.3, -0.25) is 14.4 Å². The first kappa shape index (κ1) is 19.5. The van der Waals surface area contributed by atoms with Crippen LogP contribution in [-0.4, -0.2) is 30.9 Å². The molecule has 1 heterocycles. The number of nitrogens with zero attached hydrogens (tertiary/aromatic N) is 1. The minimum Gasteiger partial charge on any atom is -0.455 e. The minimum absolute atomic E-state index is 0.0284. The minimum atomic E-state index is -0.730. The Hall–Kier alpha value is -3.22. The van der Waals surface area contributed by atoms with Crippen LogP contribution in [0.2, 0.25) is 0 Å². The molecule has 0 saturated carbocycles. The predicted molar refractivity (Wildman–Crippen MR) is 101 cm³/mol. The summed E-state index contributed by atoms with van der Waals surface area (Å²) >= 11 is 0. The van der Waals surface area contributed by atoms with E-state index in [1.807, 2.05) is 37.3 Å². The largest absolute Gasteiger partial charge is 0.455 e. The lowest BCUT2D eigenvalue weighted by Crippen LogP contribution is -2.33. The van der Waals surface area contributed by atoms with E-state index in [4.69, 9.17) is 4.74 Å². The van der Waals surface area contributed by atoms with Crippen LogP contribution in [0.1, 0.15) is 24.9 Å². The van der Waals surface area contributed by atoms with Crippen LogP contribution >= 0.6 is 0 Å². The molecule has 0 bridgehead atoms. The van der Waals surface area contributed by atoms with Crippen molar-refractivity contribution >= 4 is 23.5 Å². The number of hydrogen-bond acceptors (Lipinski definition) is 4. The first-order valence-corrected chi connectivity index (χ1v) is 9.01. The zero-order valence-electron chi connectivity index (χ0n) is 15.4. The molecule has 0 aliphatic carbocycles. The number of rotatable bonds is 6. The van der Waals surface area contributed by atoms with Gasteiger partial charge in [0.15, 0.2) is 6.61 Å². The fourth-order valence-electron chi connectivity index (χ4n) is 3.13. The molecule has 1 fully saturated rings. The van der Waals surface area contributed by atoms with Crippen LogP contribution in [0.4, 0.5) is 10.1 Å². The van der Waals surface area contributed by atoms with E-state index in [0.717, 1.165) is 5.56 Å². The monoisotopic (exact) mass is 384 g/mol. The number of carbonyl (C=O) groups is 3. The summed E-state index contributed by atoms with van der Waals surface area (Å²) in [7, 11) is 0. The SMILES string of the molecule is C[C@H](NC(=O)COC(=O)[C@H]1CC(=O)N(c2ccccc2F)C1)c1ccccc1. The van der Waals surface area contributed by atoms with Gasteiger partial charge in [0.05, 0.1) is 17.6 Å². The van der Waals surface area contributed by atoms with E-state index in [0.29, 0.717) is 0 Å². The molecule has 2 aromatic carbocycles. The number of carbonyl (C=O) groups excluding carboxylic acids is 3. The molecule has 28 heavy (non-hydrogen) atoms. The molecule has 1 aliphatic rings. The molecular weight excluding hydrogens is 363 g/mol. The summed E-state index contributed by atoms with van der Waals surface area (Å²) in [4.78, 5) is 37.7. The van der Waals surface area contributed by atoms with Gasteiger partial charge in [-0.05, 0) is 24.6 Å². The topological polar surface area (TPSA) is 75.7 Å². The smallest absolute Gasteiger partial charge is 0.311 e. The van der Waals surface area contributed by atoms with E-state index in [1.165, 1.54) is 23.1 Å². The van der Waals surface area contributed by atoms with Crippen LogP contribution < -0.4 is 10.2 Å². The van der Waals surface area contributed by atoms with Gasteiger partial charge in [0.2, 0.25) is 5.91 Å². The Kier molecular flexibility index (Phi) is 6.03. The third-order valence-corrected chi connectivity index (χ3v) is 4.62. The number of nitrogens with one attached hydrogen (secondary N) is 1. The van der Waals surface area contributed by atoms with Gasteiger partial charge in [-0.25, -0.2) is 4.39 Å². The Morgan fingerprint density at radius 2 is 1.86 bits per heavy atom. The van der Waals surface area contributed by atoms with Gasteiger partial charge >= 0.3 is 5.97 Å². The molecule has 1 aliphatic heterocycles. The van der Waals surface area contributed by atoms with Crippen LogP contribution in [0, 0.1) is 11.7 Å². The molecule has 1 N–H and O–H groups in total. The highest BCUT2D eigenvalue weighted by molar-refractivity contribution is 5.99. The number of hydrogen-bond donors (Lipinski definition) is 1. The average Bonchev–Trinajstić information content (AvgIpc) is 3.08. The van der Waals surface area contributed by atoms with Crippen molar-refractivity contribution in [1.82, 2.24) is 5.32 Å². The number of esters is 1. The molecule has 0 radical (unpaired) electrons. The Labute approximate surface area is 162 Å². The molecule has 0 spiro atoms. The lowest BCUT2D eigenvalue weighted by Gasteiger charge is -2.17. The van der Waals surface area contributed by atoms with E-state index in [2.05, 4.69) is 5.32 Å². The first-order valence-electron chi connectivity index (χ1n) is 9.01. The van der Waals surface area contributed by atoms with Crippen molar-refractivity contribution in [2.75, 3.05) is 18.1 Å². The second kappa shape index (κ2) is 8.65. The van der Waals surface area contributed by atoms with Crippen molar-refractivity contribution < 1.29 is 23.5 Å². The van der Waals surface area contributed by atoms with Gasteiger partial charge in [-0.15, -0.1) is 0 Å². The molecule has 2 amide bonds. The van der Waals surface area contributed by atoms with Gasteiger partial charge in [0, 0.05) is 13.0 Å². The molecule has 2 aromatic rings. The van der Waals surface area contributed by atoms with Crippen molar-refractivity contribution in [1.29, 1.82) is 0 Å². The third-order valence-electron chi connectivity index (χ3n) is 4.62.